The lowest BCUT2D eigenvalue weighted by molar-refractivity contribution is 0.108. The van der Waals surface area contributed by atoms with Crippen molar-refractivity contribution >= 4 is 21.6 Å². The van der Waals surface area contributed by atoms with E-state index in [9.17, 15) is 5.11 Å². The van der Waals surface area contributed by atoms with Crippen molar-refractivity contribution in [3.05, 3.63) is 52.5 Å². The number of halogens is 1. The fourth-order valence-electron chi connectivity index (χ4n) is 1.80. The Bertz CT molecular complexity index is 589. The Balaban J connectivity index is 2.04. The second kappa shape index (κ2) is 6.63. The van der Waals surface area contributed by atoms with Crippen molar-refractivity contribution in [3.63, 3.8) is 0 Å². The lowest BCUT2D eigenvalue weighted by Gasteiger charge is -2.15. The number of hydrogen-bond acceptors (Lipinski definition) is 4. The molecule has 0 aliphatic carbocycles. The standard InChI is InChI=1S/C15H16BrNO3/c1-19-10-6-7-15(12(16)8-10)20-9-14(18)11-4-2-3-5-13(11)17/h2-8,14,18H,9,17H2,1H3. The van der Waals surface area contributed by atoms with E-state index in [2.05, 4.69) is 15.9 Å². The van der Waals surface area contributed by atoms with Crippen LogP contribution in [0.4, 0.5) is 5.69 Å². The Hall–Kier alpha value is -1.72. The molecule has 2 aromatic rings. The predicted octanol–water partition coefficient (Wildman–Crippen LogP) is 3.15. The van der Waals surface area contributed by atoms with Gasteiger partial charge in [-0.25, -0.2) is 0 Å². The SMILES string of the molecule is COc1ccc(OCC(O)c2ccccc2N)c(Br)c1. The molecule has 3 N–H and O–H groups in total. The maximum Gasteiger partial charge on any atom is 0.133 e. The number of hydrogen-bond donors (Lipinski definition) is 2. The van der Waals surface area contributed by atoms with Crippen LogP contribution in [0.2, 0.25) is 0 Å². The summed E-state index contributed by atoms with van der Waals surface area (Å²) in [6, 6.07) is 12.6. The highest BCUT2D eigenvalue weighted by atomic mass is 79.9. The summed E-state index contributed by atoms with van der Waals surface area (Å²) in [5, 5.41) is 10.1. The van der Waals surface area contributed by atoms with E-state index < -0.39 is 6.10 Å². The summed E-state index contributed by atoms with van der Waals surface area (Å²) < 4.78 is 11.5. The fraction of sp³-hybridized carbons (Fsp3) is 0.200. The van der Waals surface area contributed by atoms with Gasteiger partial charge in [-0.05, 0) is 40.2 Å². The zero-order valence-electron chi connectivity index (χ0n) is 11.0. The van der Waals surface area contributed by atoms with E-state index in [0.29, 0.717) is 17.0 Å². The third kappa shape index (κ3) is 3.43. The quantitative estimate of drug-likeness (QED) is 0.822. The molecule has 0 saturated heterocycles. The molecule has 0 amide bonds. The van der Waals surface area contributed by atoms with Gasteiger partial charge >= 0.3 is 0 Å². The van der Waals surface area contributed by atoms with Gasteiger partial charge in [0.05, 0.1) is 11.6 Å². The summed E-state index contributed by atoms with van der Waals surface area (Å²) in [6.45, 7) is 0.124. The first-order valence-electron chi connectivity index (χ1n) is 6.10. The van der Waals surface area contributed by atoms with E-state index in [0.717, 1.165) is 10.2 Å². The number of benzene rings is 2. The lowest BCUT2D eigenvalue weighted by Crippen LogP contribution is -2.11. The first-order valence-corrected chi connectivity index (χ1v) is 6.90. The monoisotopic (exact) mass is 337 g/mol. The molecule has 5 heteroatoms. The highest BCUT2D eigenvalue weighted by molar-refractivity contribution is 9.10. The van der Waals surface area contributed by atoms with Gasteiger partial charge in [0.2, 0.25) is 0 Å². The summed E-state index contributed by atoms with van der Waals surface area (Å²) in [5.41, 5.74) is 7.03. The molecule has 1 unspecified atom stereocenters. The second-order valence-electron chi connectivity index (χ2n) is 4.25. The number of anilines is 1. The Morgan fingerprint density at radius 1 is 1.25 bits per heavy atom. The summed E-state index contributed by atoms with van der Waals surface area (Å²) in [6.07, 6.45) is -0.773. The molecular weight excluding hydrogens is 322 g/mol. The molecule has 106 valence electrons. The smallest absolute Gasteiger partial charge is 0.133 e. The molecule has 0 radical (unpaired) electrons. The molecule has 2 rings (SSSR count). The minimum absolute atomic E-state index is 0.124. The molecule has 2 aromatic carbocycles. The maximum absolute atomic E-state index is 10.1. The molecule has 0 saturated carbocycles. The van der Waals surface area contributed by atoms with E-state index in [4.69, 9.17) is 15.2 Å². The van der Waals surface area contributed by atoms with Gasteiger partial charge < -0.3 is 20.3 Å². The Labute approximate surface area is 126 Å². The number of aliphatic hydroxyl groups excluding tert-OH is 1. The molecule has 0 bridgehead atoms. The van der Waals surface area contributed by atoms with Crippen LogP contribution >= 0.6 is 15.9 Å². The Morgan fingerprint density at radius 3 is 2.65 bits per heavy atom. The molecule has 4 nitrogen and oxygen atoms in total. The second-order valence-corrected chi connectivity index (χ2v) is 5.11. The van der Waals surface area contributed by atoms with Crippen LogP contribution < -0.4 is 15.2 Å². The number of methoxy groups -OCH3 is 1. The van der Waals surface area contributed by atoms with E-state index in [-0.39, 0.29) is 6.61 Å². The van der Waals surface area contributed by atoms with Crippen LogP contribution in [-0.4, -0.2) is 18.8 Å². The first-order chi connectivity index (χ1) is 9.61. The topological polar surface area (TPSA) is 64.7 Å². The normalized spacial score (nSPS) is 11.9. The van der Waals surface area contributed by atoms with Gasteiger partial charge in [0.15, 0.2) is 0 Å². The van der Waals surface area contributed by atoms with Crippen molar-refractivity contribution in [2.24, 2.45) is 0 Å². The maximum atomic E-state index is 10.1. The summed E-state index contributed by atoms with van der Waals surface area (Å²) in [4.78, 5) is 0. The summed E-state index contributed by atoms with van der Waals surface area (Å²) >= 11 is 3.40. The zero-order chi connectivity index (χ0) is 14.5. The molecule has 0 fully saturated rings. The molecule has 0 aliphatic heterocycles. The number of para-hydroxylation sites is 1. The van der Waals surface area contributed by atoms with E-state index in [1.54, 1.807) is 37.4 Å². The summed E-state index contributed by atoms with van der Waals surface area (Å²) in [7, 11) is 1.60. The Kier molecular flexibility index (Phi) is 4.87. The van der Waals surface area contributed by atoms with Crippen molar-refractivity contribution in [1.29, 1.82) is 0 Å². The Morgan fingerprint density at radius 2 is 2.00 bits per heavy atom. The minimum Gasteiger partial charge on any atom is -0.497 e. The van der Waals surface area contributed by atoms with E-state index >= 15 is 0 Å². The van der Waals surface area contributed by atoms with E-state index in [1.165, 1.54) is 0 Å². The lowest BCUT2D eigenvalue weighted by atomic mass is 10.1. The number of nitrogens with two attached hydrogens (primary N) is 1. The third-order valence-electron chi connectivity index (χ3n) is 2.89. The largest absolute Gasteiger partial charge is 0.497 e. The number of aliphatic hydroxyl groups is 1. The van der Waals surface area contributed by atoms with Gasteiger partial charge in [0, 0.05) is 11.3 Å². The van der Waals surface area contributed by atoms with Crippen LogP contribution in [0.15, 0.2) is 46.9 Å². The van der Waals surface area contributed by atoms with Crippen molar-refractivity contribution in [3.8, 4) is 11.5 Å². The molecule has 1 atom stereocenters. The van der Waals surface area contributed by atoms with Crippen molar-refractivity contribution < 1.29 is 14.6 Å². The van der Waals surface area contributed by atoms with Gasteiger partial charge in [0.1, 0.15) is 24.2 Å². The molecule has 20 heavy (non-hydrogen) atoms. The van der Waals surface area contributed by atoms with Crippen LogP contribution in [0.25, 0.3) is 0 Å². The molecule has 0 heterocycles. The predicted molar refractivity (Wildman–Crippen MR) is 82.0 cm³/mol. The van der Waals surface area contributed by atoms with Crippen LogP contribution in [0.1, 0.15) is 11.7 Å². The number of nitrogen functional groups attached to an aromatic ring is 1. The summed E-state index contributed by atoms with van der Waals surface area (Å²) in [5.74, 6) is 1.37. The average Bonchev–Trinajstić information content (AvgIpc) is 2.46. The first kappa shape index (κ1) is 14.7. The van der Waals surface area contributed by atoms with Crippen LogP contribution in [-0.2, 0) is 0 Å². The fourth-order valence-corrected chi connectivity index (χ4v) is 2.27. The van der Waals surface area contributed by atoms with Gasteiger partial charge in [0.25, 0.3) is 0 Å². The average molecular weight is 338 g/mol. The number of rotatable bonds is 5. The van der Waals surface area contributed by atoms with Crippen LogP contribution in [0, 0.1) is 0 Å². The third-order valence-corrected chi connectivity index (χ3v) is 3.51. The molecule has 0 aromatic heterocycles. The van der Waals surface area contributed by atoms with Gasteiger partial charge in [-0.15, -0.1) is 0 Å². The zero-order valence-corrected chi connectivity index (χ0v) is 12.6. The number of ether oxygens (including phenoxy) is 2. The molecule has 0 spiro atoms. The molecule has 0 aliphatic rings. The highest BCUT2D eigenvalue weighted by Crippen LogP contribution is 2.30. The minimum atomic E-state index is -0.773. The van der Waals surface area contributed by atoms with Crippen molar-refractivity contribution in [1.82, 2.24) is 0 Å². The van der Waals surface area contributed by atoms with Crippen LogP contribution in [0.3, 0.4) is 0 Å². The van der Waals surface area contributed by atoms with Crippen molar-refractivity contribution in [2.45, 2.75) is 6.10 Å². The van der Waals surface area contributed by atoms with Gasteiger partial charge in [-0.3, -0.25) is 0 Å². The van der Waals surface area contributed by atoms with Crippen LogP contribution in [0.5, 0.6) is 11.5 Å². The molecular formula is C15H16BrNO3. The van der Waals surface area contributed by atoms with Gasteiger partial charge in [-0.2, -0.15) is 0 Å². The van der Waals surface area contributed by atoms with Gasteiger partial charge in [-0.1, -0.05) is 18.2 Å². The highest BCUT2D eigenvalue weighted by Gasteiger charge is 2.12. The van der Waals surface area contributed by atoms with E-state index in [1.807, 2.05) is 12.1 Å². The van der Waals surface area contributed by atoms with Crippen molar-refractivity contribution in [2.75, 3.05) is 19.5 Å².